The maximum Gasteiger partial charge on any atom is 0.379 e. The van der Waals surface area contributed by atoms with E-state index in [2.05, 4.69) is 63.8 Å². The molecule has 1 saturated carbocycles. The summed E-state index contributed by atoms with van der Waals surface area (Å²) >= 11 is 12.6. The van der Waals surface area contributed by atoms with E-state index in [0.29, 0.717) is 29.2 Å². The smallest absolute Gasteiger partial charge is 0.325 e. The van der Waals surface area contributed by atoms with Gasteiger partial charge in [-0.05, 0) is 103 Å². The highest BCUT2D eigenvalue weighted by atomic mass is 35.5. The van der Waals surface area contributed by atoms with Crippen molar-refractivity contribution in [3.05, 3.63) is 135 Å². The van der Waals surface area contributed by atoms with Crippen molar-refractivity contribution in [3.63, 3.8) is 0 Å². The van der Waals surface area contributed by atoms with E-state index < -0.39 is 5.97 Å². The summed E-state index contributed by atoms with van der Waals surface area (Å²) in [6, 6.07) is 30.6. The predicted molar refractivity (Wildman–Crippen MR) is 188 cm³/mol. The summed E-state index contributed by atoms with van der Waals surface area (Å²) in [5.41, 5.74) is 7.02. The topological polar surface area (TPSA) is 47.4 Å². The van der Waals surface area contributed by atoms with Crippen molar-refractivity contribution < 1.29 is 18.7 Å². The first-order valence-corrected chi connectivity index (χ1v) is 17.3. The molecule has 4 aromatic carbocycles. The molecule has 5 aromatic rings. The van der Waals surface area contributed by atoms with E-state index in [0.717, 1.165) is 43.4 Å². The lowest BCUT2D eigenvalue weighted by molar-refractivity contribution is -0.0788. The molecule has 0 spiro atoms. The largest absolute Gasteiger partial charge is 0.379 e. The summed E-state index contributed by atoms with van der Waals surface area (Å²) in [6.45, 7) is 4.00. The van der Waals surface area contributed by atoms with Crippen molar-refractivity contribution in [1.82, 2.24) is 14.5 Å². The van der Waals surface area contributed by atoms with Crippen LogP contribution in [0, 0.1) is 0 Å². The van der Waals surface area contributed by atoms with Crippen LogP contribution in [0.5, 0.6) is 0 Å². The molecular weight excluding hydrogens is 651 g/mol. The van der Waals surface area contributed by atoms with E-state index in [1.54, 1.807) is 18.2 Å². The minimum Gasteiger partial charge on any atom is -0.325 e. The number of hydrogen-bond acceptors (Lipinski definition) is 4. The van der Waals surface area contributed by atoms with E-state index in [-0.39, 0.29) is 17.5 Å². The minimum absolute atomic E-state index is 0.0178. The zero-order chi connectivity index (χ0) is 33.8. The summed E-state index contributed by atoms with van der Waals surface area (Å²) in [5.74, 6) is 0.788. The third-order valence-electron chi connectivity index (χ3n) is 9.69. The summed E-state index contributed by atoms with van der Waals surface area (Å²) in [7, 11) is 0.500. The molecule has 2 heterocycles. The quantitative estimate of drug-likeness (QED) is 0.145. The number of imidazole rings is 1. The Morgan fingerprint density at radius 2 is 1.44 bits per heavy atom. The Bertz CT molecular complexity index is 1800. The van der Waals surface area contributed by atoms with E-state index in [4.69, 9.17) is 28.2 Å². The Kier molecular flexibility index (Phi) is 10.8. The minimum atomic E-state index is -0.955. The summed E-state index contributed by atoms with van der Waals surface area (Å²) in [5, 5.41) is 1.43. The number of rotatable bonds is 9. The Balaban J connectivity index is 0.00000197. The molecule has 250 valence electrons. The van der Waals surface area contributed by atoms with Gasteiger partial charge in [-0.25, -0.2) is 14.7 Å². The van der Waals surface area contributed by atoms with Crippen molar-refractivity contribution >= 4 is 40.2 Å². The van der Waals surface area contributed by atoms with Crippen LogP contribution in [0.15, 0.2) is 91.0 Å². The number of aromatic nitrogens is 2. The number of benzene rings is 4. The highest BCUT2D eigenvalue weighted by molar-refractivity contribution is 6.30. The highest BCUT2D eigenvalue weighted by Gasteiger charge is 2.34. The van der Waals surface area contributed by atoms with Crippen LogP contribution >= 0.6 is 23.2 Å². The standard InChI is InChI=1S/C38H36Cl2FN3O2.CH3F/c1-2-34(27-4-3-5-29(22-27)38(45)46-41)43-20-18-32(19-21-43)44-35-23-28(12-17-33(35)42-37(44)26-6-7-26)36(24-8-13-30(39)14-9-24)25-10-15-31(40)16-11-25;1-2/h3-5,8-17,22-23,26,32,34,36H,2,6-7,18-21H2,1H3;1H3. The normalized spacial score (nSPS) is 16.1. The second-order valence-electron chi connectivity index (χ2n) is 12.6. The van der Waals surface area contributed by atoms with Gasteiger partial charge in [0.15, 0.2) is 0 Å². The molecule has 1 unspecified atom stereocenters. The SMILES string of the molecule is CCC(c1cccc(C(=O)OF)c1)N1CCC(n2c(C3CC3)nc3ccc(C(c4ccc(Cl)cc4)c4ccc(Cl)cc4)cc32)CC1.CF. The van der Waals surface area contributed by atoms with Gasteiger partial charge in [0.05, 0.1) is 23.8 Å². The van der Waals surface area contributed by atoms with E-state index in [9.17, 15) is 13.7 Å². The first kappa shape index (κ1) is 34.1. The van der Waals surface area contributed by atoms with Crippen LogP contribution in [-0.2, 0) is 4.94 Å². The van der Waals surface area contributed by atoms with Gasteiger partial charge in [-0.2, -0.15) is 0 Å². The van der Waals surface area contributed by atoms with Gasteiger partial charge in [0, 0.05) is 51.6 Å². The maximum atomic E-state index is 12.6. The second kappa shape index (κ2) is 15.2. The number of fused-ring (bicyclic) bond motifs is 1. The molecule has 0 amide bonds. The van der Waals surface area contributed by atoms with Gasteiger partial charge >= 0.3 is 5.97 Å². The van der Waals surface area contributed by atoms with Crippen molar-refractivity contribution in [1.29, 1.82) is 0 Å². The van der Waals surface area contributed by atoms with Crippen LogP contribution in [0.4, 0.5) is 8.92 Å². The van der Waals surface area contributed by atoms with Crippen LogP contribution in [0.25, 0.3) is 11.0 Å². The summed E-state index contributed by atoms with van der Waals surface area (Å²) < 4.78 is 24.7. The van der Waals surface area contributed by atoms with Crippen molar-refractivity contribution in [2.45, 2.75) is 62.9 Å². The molecule has 0 N–H and O–H groups in total. The van der Waals surface area contributed by atoms with Crippen LogP contribution in [0.1, 0.15) is 101 Å². The van der Waals surface area contributed by atoms with Gasteiger partial charge in [-0.15, -0.1) is 0 Å². The third kappa shape index (κ3) is 7.14. The molecule has 1 atom stereocenters. The number of alkyl halides is 1. The van der Waals surface area contributed by atoms with Crippen molar-refractivity contribution in [3.8, 4) is 0 Å². The summed E-state index contributed by atoms with van der Waals surface area (Å²) in [4.78, 5) is 23.0. The predicted octanol–water partition coefficient (Wildman–Crippen LogP) is 10.8. The van der Waals surface area contributed by atoms with Crippen LogP contribution in [0.3, 0.4) is 0 Å². The molecule has 9 heteroatoms. The van der Waals surface area contributed by atoms with E-state index >= 15 is 0 Å². The number of carbonyl (C=O) groups excluding carboxylic acids is 1. The molecule has 2 fully saturated rings. The lowest BCUT2D eigenvalue weighted by Crippen LogP contribution is -2.37. The fourth-order valence-corrected chi connectivity index (χ4v) is 7.54. The zero-order valence-electron chi connectivity index (χ0n) is 27.1. The van der Waals surface area contributed by atoms with Crippen LogP contribution in [0.2, 0.25) is 10.0 Å². The molecular formula is C39H39Cl2F2N3O2. The van der Waals surface area contributed by atoms with Crippen LogP contribution < -0.4 is 0 Å². The van der Waals surface area contributed by atoms with Gasteiger partial charge < -0.3 is 4.57 Å². The average molecular weight is 691 g/mol. The molecule has 7 rings (SSSR count). The summed E-state index contributed by atoms with van der Waals surface area (Å²) in [6.07, 6.45) is 5.25. The molecule has 48 heavy (non-hydrogen) atoms. The number of halogens is 4. The molecule has 2 aliphatic rings. The second-order valence-corrected chi connectivity index (χ2v) is 13.5. The molecule has 0 bridgehead atoms. The highest BCUT2D eigenvalue weighted by Crippen LogP contribution is 2.44. The third-order valence-corrected chi connectivity index (χ3v) is 10.2. The Hall–Kier alpha value is -3.78. The fourth-order valence-electron chi connectivity index (χ4n) is 7.29. The fraction of sp³-hybridized carbons (Fsp3) is 0.333. The number of carbonyl (C=O) groups is 1. The van der Waals surface area contributed by atoms with E-state index in [1.807, 2.05) is 30.3 Å². The first-order chi connectivity index (χ1) is 23.4. The van der Waals surface area contributed by atoms with Gasteiger partial charge in [0.25, 0.3) is 0 Å². The molecule has 1 aromatic heterocycles. The maximum absolute atomic E-state index is 12.6. The van der Waals surface area contributed by atoms with Gasteiger partial charge in [-0.1, -0.05) is 72.6 Å². The van der Waals surface area contributed by atoms with Crippen LogP contribution in [-0.4, -0.2) is 40.7 Å². The molecule has 1 aliphatic carbocycles. The van der Waals surface area contributed by atoms with Crippen molar-refractivity contribution in [2.75, 3.05) is 20.3 Å². The molecule has 0 radical (unpaired) electrons. The number of likely N-dealkylation sites (tertiary alicyclic amines) is 1. The Morgan fingerprint density at radius 3 is 2.00 bits per heavy atom. The number of nitrogens with zero attached hydrogens (tertiary/aromatic N) is 3. The van der Waals surface area contributed by atoms with Gasteiger partial charge in [0.2, 0.25) is 0 Å². The zero-order valence-corrected chi connectivity index (χ0v) is 28.6. The average Bonchev–Trinajstić information content (AvgIpc) is 3.91. The monoisotopic (exact) mass is 689 g/mol. The first-order valence-electron chi connectivity index (χ1n) is 16.5. The number of piperidine rings is 1. The molecule has 5 nitrogen and oxygen atoms in total. The molecule has 1 aliphatic heterocycles. The Morgan fingerprint density at radius 1 is 0.833 bits per heavy atom. The van der Waals surface area contributed by atoms with Gasteiger partial charge in [0.1, 0.15) is 5.82 Å². The van der Waals surface area contributed by atoms with Crippen molar-refractivity contribution in [2.24, 2.45) is 0 Å². The Labute approximate surface area is 290 Å². The number of hydrogen-bond donors (Lipinski definition) is 0. The van der Waals surface area contributed by atoms with Gasteiger partial charge in [-0.3, -0.25) is 9.29 Å². The lowest BCUT2D eigenvalue weighted by atomic mass is 9.85. The lowest BCUT2D eigenvalue weighted by Gasteiger charge is -2.38. The van der Waals surface area contributed by atoms with E-state index in [1.165, 1.54) is 40.9 Å². The molecule has 1 saturated heterocycles.